The van der Waals surface area contributed by atoms with Crippen LogP contribution in [0.2, 0.25) is 0 Å². The van der Waals surface area contributed by atoms with Gasteiger partial charge in [-0.25, -0.2) is 0 Å². The second-order valence-electron chi connectivity index (χ2n) is 3.53. The van der Waals surface area contributed by atoms with Crippen LogP contribution in [0.15, 0.2) is 60.7 Å². The van der Waals surface area contributed by atoms with E-state index in [9.17, 15) is 5.02 Å². The Morgan fingerprint density at radius 1 is 0.882 bits per heavy atom. The Morgan fingerprint density at radius 3 is 2.12 bits per heavy atom. The largest absolute Gasteiger partial charge is 0.710 e. The number of hydrogen-bond donors (Lipinski definition) is 1. The van der Waals surface area contributed by atoms with Gasteiger partial charge in [0.25, 0.3) is 0 Å². The Morgan fingerprint density at radius 2 is 1.47 bits per heavy atom. The van der Waals surface area contributed by atoms with Crippen molar-refractivity contribution in [1.82, 2.24) is 0 Å². The first-order valence-electron chi connectivity index (χ1n) is 5.40. The molecule has 0 radical (unpaired) electrons. The van der Waals surface area contributed by atoms with Crippen LogP contribution in [0.4, 0.5) is 0 Å². The van der Waals surface area contributed by atoms with E-state index in [0.717, 1.165) is 5.56 Å². The maximum atomic E-state index is 9.52. The molecule has 0 aromatic heterocycles. The second kappa shape index (κ2) is 6.08. The highest BCUT2D eigenvalue weighted by Crippen LogP contribution is 2.10. The molecule has 0 saturated heterocycles. The maximum Gasteiger partial charge on any atom is 0.710 e. The summed E-state index contributed by atoms with van der Waals surface area (Å²) in [4.78, 5) is 0. The van der Waals surface area contributed by atoms with Gasteiger partial charge in [0.05, 0.1) is 6.61 Å². The first-order valence-corrected chi connectivity index (χ1v) is 5.40. The first kappa shape index (κ1) is 11.7. The molecule has 0 aliphatic heterocycles. The molecule has 2 rings (SSSR count). The fourth-order valence-electron chi connectivity index (χ4n) is 1.39. The third-order valence-electron chi connectivity index (χ3n) is 2.22. The zero-order valence-corrected chi connectivity index (χ0v) is 9.32. The van der Waals surface area contributed by atoms with Gasteiger partial charge in [0.2, 0.25) is 0 Å². The molecule has 3 nitrogen and oxygen atoms in total. The number of benzene rings is 2. The van der Waals surface area contributed by atoms with E-state index in [1.54, 1.807) is 12.1 Å². The minimum atomic E-state index is -1.25. The summed E-state index contributed by atoms with van der Waals surface area (Å²) in [6, 6.07) is 18.7. The summed E-state index contributed by atoms with van der Waals surface area (Å²) in [5, 5.41) is 9.52. The minimum Gasteiger partial charge on any atom is -0.512 e. The van der Waals surface area contributed by atoms with Crippen molar-refractivity contribution in [3.63, 3.8) is 0 Å². The van der Waals surface area contributed by atoms with Crippen molar-refractivity contribution in [2.75, 3.05) is 0 Å². The highest BCUT2D eigenvalue weighted by Gasteiger charge is 2.17. The molecule has 0 fully saturated rings. The van der Waals surface area contributed by atoms with Crippen LogP contribution in [0.1, 0.15) is 5.56 Å². The lowest BCUT2D eigenvalue weighted by Gasteiger charge is -2.09. The zero-order chi connectivity index (χ0) is 11.9. The van der Waals surface area contributed by atoms with E-state index in [4.69, 9.17) is 9.31 Å². The number of hydrogen-bond acceptors (Lipinski definition) is 3. The van der Waals surface area contributed by atoms with Crippen LogP contribution < -0.4 is 4.65 Å². The Bertz CT molecular complexity index is 433. The van der Waals surface area contributed by atoms with Gasteiger partial charge in [-0.15, -0.1) is 0 Å². The maximum absolute atomic E-state index is 9.52. The average molecular weight is 228 g/mol. The van der Waals surface area contributed by atoms with Gasteiger partial charge in [-0.3, -0.25) is 0 Å². The summed E-state index contributed by atoms with van der Waals surface area (Å²) in [6.07, 6.45) is 0. The van der Waals surface area contributed by atoms with Crippen LogP contribution >= 0.6 is 0 Å². The lowest BCUT2D eigenvalue weighted by atomic mass is 10.2. The van der Waals surface area contributed by atoms with Crippen molar-refractivity contribution in [2.24, 2.45) is 0 Å². The molecule has 0 heterocycles. The van der Waals surface area contributed by atoms with E-state index in [1.807, 2.05) is 48.5 Å². The van der Waals surface area contributed by atoms with Crippen molar-refractivity contribution < 1.29 is 14.3 Å². The third kappa shape index (κ3) is 3.94. The molecule has 2 aromatic carbocycles. The van der Waals surface area contributed by atoms with Gasteiger partial charge in [0, 0.05) is 0 Å². The van der Waals surface area contributed by atoms with Gasteiger partial charge in [-0.2, -0.15) is 0 Å². The Hall–Kier alpha value is -1.78. The predicted octanol–water partition coefficient (Wildman–Crippen LogP) is 2.26. The van der Waals surface area contributed by atoms with Crippen LogP contribution in [0.5, 0.6) is 5.75 Å². The van der Waals surface area contributed by atoms with Gasteiger partial charge < -0.3 is 14.3 Å². The SMILES string of the molecule is OB(OCc1ccccc1)Oc1ccccc1. The molecule has 2 aromatic rings. The molecule has 17 heavy (non-hydrogen) atoms. The van der Waals surface area contributed by atoms with Crippen LogP contribution in [-0.4, -0.2) is 12.3 Å². The van der Waals surface area contributed by atoms with Gasteiger partial charge in [-0.1, -0.05) is 48.5 Å². The molecular formula is C13H13BO3. The monoisotopic (exact) mass is 228 g/mol. The molecule has 0 spiro atoms. The van der Waals surface area contributed by atoms with Gasteiger partial charge >= 0.3 is 7.32 Å². The molecule has 4 heteroatoms. The third-order valence-corrected chi connectivity index (χ3v) is 2.22. The minimum absolute atomic E-state index is 0.314. The lowest BCUT2D eigenvalue weighted by molar-refractivity contribution is 0.184. The van der Waals surface area contributed by atoms with Crippen LogP contribution in [-0.2, 0) is 11.3 Å². The van der Waals surface area contributed by atoms with Gasteiger partial charge in [0.1, 0.15) is 5.75 Å². The highest BCUT2D eigenvalue weighted by atomic mass is 16.7. The molecular weight excluding hydrogens is 215 g/mol. The van der Waals surface area contributed by atoms with Gasteiger partial charge in [0.15, 0.2) is 0 Å². The average Bonchev–Trinajstić information content (AvgIpc) is 2.39. The van der Waals surface area contributed by atoms with Crippen molar-refractivity contribution in [3.8, 4) is 5.75 Å². The fourth-order valence-corrected chi connectivity index (χ4v) is 1.39. The number of rotatable bonds is 5. The van der Waals surface area contributed by atoms with E-state index in [2.05, 4.69) is 0 Å². The summed E-state index contributed by atoms with van der Waals surface area (Å²) in [5.74, 6) is 0.577. The van der Waals surface area contributed by atoms with Crippen molar-refractivity contribution >= 4 is 7.32 Å². The van der Waals surface area contributed by atoms with Crippen molar-refractivity contribution in [2.45, 2.75) is 6.61 Å². The van der Waals surface area contributed by atoms with Crippen molar-refractivity contribution in [3.05, 3.63) is 66.2 Å². The Labute approximate surface area is 101 Å². The molecule has 1 N–H and O–H groups in total. The summed E-state index contributed by atoms with van der Waals surface area (Å²) >= 11 is 0. The van der Waals surface area contributed by atoms with Crippen molar-refractivity contribution in [1.29, 1.82) is 0 Å². The normalized spacial score (nSPS) is 9.94. The molecule has 86 valence electrons. The van der Waals surface area contributed by atoms with E-state index >= 15 is 0 Å². The van der Waals surface area contributed by atoms with Crippen LogP contribution in [0.25, 0.3) is 0 Å². The summed E-state index contributed by atoms with van der Waals surface area (Å²) < 4.78 is 10.3. The predicted molar refractivity (Wildman–Crippen MR) is 66.3 cm³/mol. The molecule has 0 aliphatic rings. The van der Waals surface area contributed by atoms with E-state index in [0.29, 0.717) is 12.4 Å². The molecule has 0 aliphatic carbocycles. The smallest absolute Gasteiger partial charge is 0.512 e. The van der Waals surface area contributed by atoms with Crippen LogP contribution in [0.3, 0.4) is 0 Å². The molecule has 0 amide bonds. The zero-order valence-electron chi connectivity index (χ0n) is 9.32. The summed E-state index contributed by atoms with van der Waals surface area (Å²) in [7, 11) is -1.25. The second-order valence-corrected chi connectivity index (χ2v) is 3.53. The van der Waals surface area contributed by atoms with Crippen LogP contribution in [0, 0.1) is 0 Å². The summed E-state index contributed by atoms with van der Waals surface area (Å²) in [6.45, 7) is 0.314. The quantitative estimate of drug-likeness (QED) is 0.797. The summed E-state index contributed by atoms with van der Waals surface area (Å²) in [5.41, 5.74) is 0.989. The van der Waals surface area contributed by atoms with Gasteiger partial charge in [-0.05, 0) is 17.7 Å². The van der Waals surface area contributed by atoms with E-state index in [1.165, 1.54) is 0 Å². The highest BCUT2D eigenvalue weighted by molar-refractivity contribution is 6.35. The number of para-hydroxylation sites is 1. The Kier molecular flexibility index (Phi) is 4.19. The molecule has 0 bridgehead atoms. The van der Waals surface area contributed by atoms with E-state index in [-0.39, 0.29) is 0 Å². The molecule has 0 saturated carbocycles. The molecule has 0 unspecified atom stereocenters. The lowest BCUT2D eigenvalue weighted by Crippen LogP contribution is -2.25. The first-order chi connectivity index (χ1) is 8.34. The standard InChI is InChI=1S/C13H13BO3/c15-14(17-13-9-5-2-6-10-13)16-11-12-7-3-1-4-8-12/h1-10,15H,11H2. The van der Waals surface area contributed by atoms with E-state index < -0.39 is 7.32 Å². The topological polar surface area (TPSA) is 38.7 Å². The molecule has 0 atom stereocenters. The fraction of sp³-hybridized carbons (Fsp3) is 0.0769. The Balaban J connectivity index is 1.80.